The van der Waals surface area contributed by atoms with Gasteiger partial charge in [0.15, 0.2) is 0 Å². The van der Waals surface area contributed by atoms with E-state index in [1.54, 1.807) is 26.6 Å². The fourth-order valence-corrected chi connectivity index (χ4v) is 7.95. The normalized spacial score (nSPS) is 10.8. The molecule has 0 unspecified atom stereocenters. The number of anilines is 8. The molecule has 2 amide bonds. The number of benzene rings is 4. The molecule has 0 fully saturated rings. The quantitative estimate of drug-likeness (QED) is 0.0397. The Morgan fingerprint density at radius 2 is 1.21 bits per heavy atom. The molecule has 18 nitrogen and oxygen atoms in total. The van der Waals surface area contributed by atoms with E-state index in [0.717, 1.165) is 81.9 Å². The van der Waals surface area contributed by atoms with Crippen molar-refractivity contribution in [1.29, 1.82) is 0 Å². The summed E-state index contributed by atoms with van der Waals surface area (Å²) in [4.78, 5) is 52.2. The number of aromatic amines is 1. The van der Waals surface area contributed by atoms with Gasteiger partial charge < -0.3 is 60.3 Å². The number of carbonyl (C=O) groups excluding carboxylic acids is 2. The van der Waals surface area contributed by atoms with Gasteiger partial charge in [-0.2, -0.15) is 0 Å². The van der Waals surface area contributed by atoms with Gasteiger partial charge >= 0.3 is 0 Å². The van der Waals surface area contributed by atoms with Crippen molar-refractivity contribution in [2.75, 3.05) is 107 Å². The minimum absolute atomic E-state index is 0.300. The van der Waals surface area contributed by atoms with Crippen LogP contribution in [0.5, 0.6) is 11.5 Å². The SMILES string of the molecule is C=CC(=O)Nc1cc(Nc2nccc(-c3c[nH]c4ccccc34)n2)c(OC)cc1N(C)CCN(C)C.C=CC(=O)Nc1cc(Nc2nccc(-c3cn(C)c4ccccc34)n2)c(OC)cc1N(C)CCNC. The Hall–Kier alpha value is -8.74. The standard InChI is InChI=1S/2C27H31N7O2/c1-6-26(35)30-21-15-22(25(36-5)16-24(21)33(3)14-13-28-2)32-27-29-12-11-20(31-27)19-17-34(4)23-10-8-7-9-18(19)23;1-6-26(35)30-22-15-23(25(36-5)16-24(22)34(4)14-13-33(2)3)32-27-28-12-11-21(31-27)19-17-29-20-10-8-7-9-18(19)20/h6-12,15-17,28H,1,13-14H2,2-5H3,(H,30,35)(H,29,31,32);6-12,15-17,29H,1,13-14H2,2-5H3,(H,30,35)(H,28,31,32). The highest BCUT2D eigenvalue weighted by atomic mass is 16.5. The first kappa shape index (κ1) is 51.1. The molecule has 0 radical (unpaired) electrons. The van der Waals surface area contributed by atoms with Crippen LogP contribution < -0.4 is 45.9 Å². The van der Waals surface area contributed by atoms with E-state index in [9.17, 15) is 9.59 Å². The molecular formula is C54H62N14O4. The van der Waals surface area contributed by atoms with E-state index >= 15 is 0 Å². The molecule has 4 aromatic heterocycles. The lowest BCUT2D eigenvalue weighted by Crippen LogP contribution is -2.29. The Labute approximate surface area is 419 Å². The number of fused-ring (bicyclic) bond motifs is 2. The van der Waals surface area contributed by atoms with Gasteiger partial charge in [0.2, 0.25) is 23.7 Å². The zero-order valence-corrected chi connectivity index (χ0v) is 42.0. The first-order valence-corrected chi connectivity index (χ1v) is 23.2. The van der Waals surface area contributed by atoms with Crippen molar-refractivity contribution in [3.05, 3.63) is 135 Å². The molecule has 0 aliphatic carbocycles. The number of nitrogens with zero attached hydrogens (tertiary/aromatic N) is 8. The van der Waals surface area contributed by atoms with Crippen molar-refractivity contribution in [2.45, 2.75) is 0 Å². The van der Waals surface area contributed by atoms with Crippen LogP contribution in [0.3, 0.4) is 0 Å². The molecule has 4 aromatic carbocycles. The summed E-state index contributed by atoms with van der Waals surface area (Å²) >= 11 is 0. The summed E-state index contributed by atoms with van der Waals surface area (Å²) in [6.45, 7) is 10.3. The van der Waals surface area contributed by atoms with Crippen LogP contribution in [0.1, 0.15) is 0 Å². The van der Waals surface area contributed by atoms with Gasteiger partial charge in [0.05, 0.1) is 59.7 Å². The minimum atomic E-state index is -0.302. The van der Waals surface area contributed by atoms with Gasteiger partial charge in [0, 0.05) is 117 Å². The summed E-state index contributed by atoms with van der Waals surface area (Å²) < 4.78 is 13.4. The highest BCUT2D eigenvalue weighted by Crippen LogP contribution is 2.40. The summed E-state index contributed by atoms with van der Waals surface area (Å²) in [5, 5.41) is 17.7. The van der Waals surface area contributed by atoms with Crippen molar-refractivity contribution in [3.8, 4) is 34.0 Å². The van der Waals surface area contributed by atoms with Crippen LogP contribution in [0, 0.1) is 0 Å². The van der Waals surface area contributed by atoms with E-state index in [-0.39, 0.29) is 11.8 Å². The number of aromatic nitrogens is 6. The largest absolute Gasteiger partial charge is 0.494 e. The number of para-hydroxylation sites is 2. The Balaban J connectivity index is 0.000000211. The molecule has 0 aliphatic heterocycles. The van der Waals surface area contributed by atoms with Crippen molar-refractivity contribution in [3.63, 3.8) is 0 Å². The van der Waals surface area contributed by atoms with Gasteiger partial charge in [-0.3, -0.25) is 9.59 Å². The number of hydrogen-bond donors (Lipinski definition) is 6. The van der Waals surface area contributed by atoms with Gasteiger partial charge in [0.25, 0.3) is 0 Å². The third-order valence-corrected chi connectivity index (χ3v) is 11.8. The number of amides is 2. The molecule has 0 saturated carbocycles. The summed E-state index contributed by atoms with van der Waals surface area (Å²) in [5.74, 6) is 1.41. The van der Waals surface area contributed by atoms with Crippen molar-refractivity contribution in [2.24, 2.45) is 7.05 Å². The summed E-state index contributed by atoms with van der Waals surface area (Å²) in [6.07, 6.45) is 9.93. The van der Waals surface area contributed by atoms with E-state index < -0.39 is 0 Å². The number of rotatable bonds is 20. The van der Waals surface area contributed by atoms with Gasteiger partial charge in [0.1, 0.15) is 11.5 Å². The Morgan fingerprint density at radius 1 is 0.681 bits per heavy atom. The van der Waals surface area contributed by atoms with Gasteiger partial charge in [-0.15, -0.1) is 0 Å². The third-order valence-electron chi connectivity index (χ3n) is 11.8. The highest BCUT2D eigenvalue weighted by molar-refractivity contribution is 6.03. The van der Waals surface area contributed by atoms with E-state index in [4.69, 9.17) is 19.4 Å². The fourth-order valence-electron chi connectivity index (χ4n) is 7.95. The summed E-state index contributed by atoms with van der Waals surface area (Å²) in [7, 11) is 15.1. The van der Waals surface area contributed by atoms with Gasteiger partial charge in [-0.05, 0) is 69.7 Å². The molecule has 0 atom stereocenters. The number of methoxy groups -OCH3 is 2. The average molecular weight is 971 g/mol. The second-order valence-electron chi connectivity index (χ2n) is 17.0. The number of aryl methyl sites for hydroxylation is 1. The van der Waals surface area contributed by atoms with Crippen LogP contribution in [-0.4, -0.2) is 122 Å². The molecule has 0 saturated heterocycles. The van der Waals surface area contributed by atoms with E-state index in [0.29, 0.717) is 46.1 Å². The molecule has 0 aliphatic rings. The number of carbonyl (C=O) groups is 2. The first-order valence-electron chi connectivity index (χ1n) is 23.2. The van der Waals surface area contributed by atoms with E-state index in [2.05, 4.69) is 93.5 Å². The minimum Gasteiger partial charge on any atom is -0.494 e. The maximum absolute atomic E-state index is 12.2. The molecular weight excluding hydrogens is 909 g/mol. The maximum Gasteiger partial charge on any atom is 0.247 e. The first-order chi connectivity index (χ1) is 34.8. The number of likely N-dealkylation sites (N-methyl/N-ethyl adjacent to an activating group) is 4. The molecule has 8 rings (SSSR count). The number of hydrogen-bond acceptors (Lipinski definition) is 14. The predicted octanol–water partition coefficient (Wildman–Crippen LogP) is 8.67. The van der Waals surface area contributed by atoms with Crippen LogP contribution in [0.25, 0.3) is 44.3 Å². The van der Waals surface area contributed by atoms with Crippen LogP contribution in [0.2, 0.25) is 0 Å². The zero-order chi connectivity index (χ0) is 51.3. The zero-order valence-electron chi connectivity index (χ0n) is 42.0. The lowest BCUT2D eigenvalue weighted by Gasteiger charge is -2.26. The van der Waals surface area contributed by atoms with Crippen LogP contribution in [0.15, 0.2) is 135 Å². The third kappa shape index (κ3) is 12.2. The van der Waals surface area contributed by atoms with E-state index in [1.165, 1.54) is 12.2 Å². The predicted molar refractivity (Wildman–Crippen MR) is 292 cm³/mol. The molecule has 8 aromatic rings. The highest BCUT2D eigenvalue weighted by Gasteiger charge is 2.19. The lowest BCUT2D eigenvalue weighted by molar-refractivity contribution is -0.112. The molecule has 6 N–H and O–H groups in total. The van der Waals surface area contributed by atoms with E-state index in [1.807, 2.05) is 120 Å². The van der Waals surface area contributed by atoms with Crippen LogP contribution >= 0.6 is 0 Å². The monoisotopic (exact) mass is 971 g/mol. The van der Waals surface area contributed by atoms with Crippen molar-refractivity contribution in [1.82, 2.24) is 39.7 Å². The smallest absolute Gasteiger partial charge is 0.247 e. The van der Waals surface area contributed by atoms with Gasteiger partial charge in [-0.25, -0.2) is 19.9 Å². The molecule has 0 bridgehead atoms. The molecule has 18 heteroatoms. The number of nitrogens with one attached hydrogen (secondary N) is 6. The lowest BCUT2D eigenvalue weighted by atomic mass is 10.1. The number of H-pyrrole nitrogens is 1. The van der Waals surface area contributed by atoms with Crippen molar-refractivity contribution < 1.29 is 19.1 Å². The summed E-state index contributed by atoms with van der Waals surface area (Å²) in [5.41, 5.74) is 9.87. The maximum atomic E-state index is 12.2. The Kier molecular flexibility index (Phi) is 16.8. The topological polar surface area (TPSA) is 195 Å². The van der Waals surface area contributed by atoms with Crippen LogP contribution in [0.4, 0.5) is 46.0 Å². The number of ether oxygens (including phenoxy) is 2. The second-order valence-corrected chi connectivity index (χ2v) is 17.0. The Bertz CT molecular complexity index is 3200. The Morgan fingerprint density at radius 3 is 1.75 bits per heavy atom. The summed E-state index contributed by atoms with van der Waals surface area (Å²) in [6, 6.07) is 27.5. The fraction of sp³-hybridized carbons (Fsp3) is 0.222. The molecule has 0 spiro atoms. The second kappa shape index (κ2) is 23.7. The average Bonchev–Trinajstić information content (AvgIpc) is 3.98. The molecule has 4 heterocycles. The molecule has 372 valence electrons. The van der Waals surface area contributed by atoms with Crippen LogP contribution in [-0.2, 0) is 16.6 Å². The van der Waals surface area contributed by atoms with Crippen molar-refractivity contribution >= 4 is 79.6 Å². The molecule has 72 heavy (non-hydrogen) atoms. The van der Waals surface area contributed by atoms with Gasteiger partial charge in [-0.1, -0.05) is 49.6 Å².